The molecule has 54 heavy (non-hydrogen) atoms. The lowest BCUT2D eigenvalue weighted by Gasteiger charge is -2.48. The van der Waals surface area contributed by atoms with E-state index in [1.54, 1.807) is 0 Å². The van der Waals surface area contributed by atoms with Crippen LogP contribution in [0.5, 0.6) is 23.0 Å². The van der Waals surface area contributed by atoms with Gasteiger partial charge in [-0.1, -0.05) is 12.1 Å². The molecule has 14 atom stereocenters. The summed E-state index contributed by atoms with van der Waals surface area (Å²) < 4.78 is 45.4. The van der Waals surface area contributed by atoms with Gasteiger partial charge in [0.1, 0.15) is 54.9 Å². The van der Waals surface area contributed by atoms with E-state index >= 15 is 0 Å². The Bertz CT molecular complexity index is 1570. The third-order valence-electron chi connectivity index (χ3n) is 9.20. The molecule has 3 saturated heterocycles. The van der Waals surface area contributed by atoms with Crippen molar-refractivity contribution >= 4 is 12.0 Å². The maximum absolute atomic E-state index is 13.2. The number of aromatic hydroxyl groups is 3. The van der Waals surface area contributed by atoms with Crippen LogP contribution in [-0.4, -0.2) is 170 Å². The minimum absolute atomic E-state index is 0.126. The SMILES string of the molecule is COc1cc(C=CC(=O)O[C@H]2[C@@H](O[C@@H]3O[C@@H](C)[C@H](O)[C@@H](O)[C@@H]3O[C@H]3OC[C@H](O)[C@H](O)[C@@H]3O)[C@@H](O)[C@H](OCCc3ccc(O)c(O)c3)O[C@@H]2CO)ccc1O. The average molecular weight is 771 g/mol. The molecular formula is C35H46O19. The van der Waals surface area contributed by atoms with Gasteiger partial charge in [-0.05, 0) is 54.8 Å². The van der Waals surface area contributed by atoms with Crippen LogP contribution in [0.4, 0.5) is 0 Å². The number of carbonyl (C=O) groups excluding carboxylic acids is 1. The first kappa shape index (κ1) is 41.5. The van der Waals surface area contributed by atoms with E-state index in [4.69, 9.17) is 37.9 Å². The second kappa shape index (κ2) is 18.3. The number of carbonyl (C=O) groups is 1. The van der Waals surface area contributed by atoms with Crippen molar-refractivity contribution < 1.29 is 93.8 Å². The minimum atomic E-state index is -1.81. The number of aliphatic hydroxyl groups is 7. The summed E-state index contributed by atoms with van der Waals surface area (Å²) in [6.07, 6.45) is -19.9. The predicted molar refractivity (Wildman–Crippen MR) is 179 cm³/mol. The zero-order valence-corrected chi connectivity index (χ0v) is 29.2. The van der Waals surface area contributed by atoms with E-state index in [2.05, 4.69) is 0 Å². The van der Waals surface area contributed by atoms with E-state index in [-0.39, 0.29) is 36.0 Å². The molecule has 0 radical (unpaired) electrons. The molecule has 0 unspecified atom stereocenters. The second-order valence-electron chi connectivity index (χ2n) is 13.0. The van der Waals surface area contributed by atoms with Crippen molar-refractivity contribution in [2.75, 3.05) is 26.9 Å². The van der Waals surface area contributed by atoms with Gasteiger partial charge in [0.2, 0.25) is 0 Å². The monoisotopic (exact) mass is 770 g/mol. The van der Waals surface area contributed by atoms with E-state index in [9.17, 15) is 55.9 Å². The summed E-state index contributed by atoms with van der Waals surface area (Å²) >= 11 is 0. The maximum Gasteiger partial charge on any atom is 0.331 e. The summed E-state index contributed by atoms with van der Waals surface area (Å²) in [7, 11) is 1.35. The molecule has 0 aliphatic carbocycles. The molecule has 3 fully saturated rings. The lowest BCUT2D eigenvalue weighted by Crippen LogP contribution is -2.66. The Labute approximate surface area is 308 Å². The average Bonchev–Trinajstić information content (AvgIpc) is 3.15. The van der Waals surface area contributed by atoms with E-state index in [0.29, 0.717) is 11.1 Å². The largest absolute Gasteiger partial charge is 0.504 e. The highest BCUT2D eigenvalue weighted by molar-refractivity contribution is 5.87. The molecular weight excluding hydrogens is 724 g/mol. The second-order valence-corrected chi connectivity index (χ2v) is 13.0. The molecule has 19 nitrogen and oxygen atoms in total. The lowest BCUT2D eigenvalue weighted by molar-refractivity contribution is -0.381. The van der Waals surface area contributed by atoms with Gasteiger partial charge in [-0.15, -0.1) is 0 Å². The Morgan fingerprint density at radius 3 is 2.22 bits per heavy atom. The zero-order valence-electron chi connectivity index (χ0n) is 29.2. The van der Waals surface area contributed by atoms with Gasteiger partial charge in [-0.3, -0.25) is 0 Å². The van der Waals surface area contributed by atoms with Crippen LogP contribution in [0.3, 0.4) is 0 Å². The summed E-state index contributed by atoms with van der Waals surface area (Å²) in [4.78, 5) is 13.2. The molecule has 2 aromatic rings. The fraction of sp³-hybridized carbons (Fsp3) is 0.571. The number of hydrogen-bond donors (Lipinski definition) is 10. The summed E-state index contributed by atoms with van der Waals surface area (Å²) in [5.74, 6) is -1.67. The first-order chi connectivity index (χ1) is 25.7. The van der Waals surface area contributed by atoms with Crippen molar-refractivity contribution in [2.24, 2.45) is 0 Å². The molecule has 0 spiro atoms. The third-order valence-corrected chi connectivity index (χ3v) is 9.20. The maximum atomic E-state index is 13.2. The van der Waals surface area contributed by atoms with Gasteiger partial charge in [0.05, 0.1) is 33.0 Å². The van der Waals surface area contributed by atoms with Crippen LogP contribution in [0, 0.1) is 0 Å². The van der Waals surface area contributed by atoms with Gasteiger partial charge in [-0.2, -0.15) is 0 Å². The number of methoxy groups -OCH3 is 1. The fourth-order valence-corrected chi connectivity index (χ4v) is 6.10. The van der Waals surface area contributed by atoms with Crippen molar-refractivity contribution in [3.05, 3.63) is 53.6 Å². The highest BCUT2D eigenvalue weighted by atomic mass is 16.8. The number of aliphatic hydroxyl groups excluding tert-OH is 7. The summed E-state index contributed by atoms with van der Waals surface area (Å²) in [6.45, 7) is 0.0235. The number of esters is 1. The lowest BCUT2D eigenvalue weighted by atomic mass is 9.96. The topological polar surface area (TPSA) is 293 Å². The molecule has 2 aromatic carbocycles. The first-order valence-electron chi connectivity index (χ1n) is 17.0. The van der Waals surface area contributed by atoms with Crippen molar-refractivity contribution in [1.82, 2.24) is 0 Å². The molecule has 0 saturated carbocycles. The predicted octanol–water partition coefficient (Wildman–Crippen LogP) is -2.25. The van der Waals surface area contributed by atoms with Gasteiger partial charge in [0.25, 0.3) is 0 Å². The number of phenols is 3. The van der Waals surface area contributed by atoms with Crippen molar-refractivity contribution in [3.8, 4) is 23.0 Å². The highest BCUT2D eigenvalue weighted by Crippen LogP contribution is 2.34. The number of ether oxygens (including phenoxy) is 8. The smallest absolute Gasteiger partial charge is 0.331 e. The number of phenolic OH excluding ortho intramolecular Hbond substituents is 3. The Balaban J connectivity index is 1.40. The van der Waals surface area contributed by atoms with Gasteiger partial charge in [0, 0.05) is 6.08 Å². The van der Waals surface area contributed by atoms with Crippen molar-refractivity contribution in [3.63, 3.8) is 0 Å². The van der Waals surface area contributed by atoms with Crippen molar-refractivity contribution in [1.29, 1.82) is 0 Å². The molecule has 3 heterocycles. The molecule has 0 amide bonds. The minimum Gasteiger partial charge on any atom is -0.504 e. The van der Waals surface area contributed by atoms with E-state index < -0.39 is 105 Å². The molecule has 19 heteroatoms. The molecule has 0 bridgehead atoms. The first-order valence-corrected chi connectivity index (χ1v) is 17.0. The third kappa shape index (κ3) is 9.58. The Hall–Kier alpha value is -3.67. The Morgan fingerprint density at radius 2 is 1.52 bits per heavy atom. The quantitative estimate of drug-likeness (QED) is 0.0585. The Kier molecular flexibility index (Phi) is 14.1. The summed E-state index contributed by atoms with van der Waals surface area (Å²) in [5, 5.41) is 104. The number of hydrogen-bond acceptors (Lipinski definition) is 19. The normalized spacial score (nSPS) is 35.9. The van der Waals surface area contributed by atoms with Gasteiger partial charge >= 0.3 is 5.97 Å². The van der Waals surface area contributed by atoms with Crippen LogP contribution in [0.1, 0.15) is 18.1 Å². The van der Waals surface area contributed by atoms with Gasteiger partial charge in [0.15, 0.2) is 48.0 Å². The van der Waals surface area contributed by atoms with E-state index in [1.807, 2.05) is 0 Å². The van der Waals surface area contributed by atoms with Crippen LogP contribution in [0.25, 0.3) is 6.08 Å². The molecule has 3 aliphatic heterocycles. The summed E-state index contributed by atoms with van der Waals surface area (Å²) in [6, 6.07) is 8.41. The van der Waals surface area contributed by atoms with Crippen LogP contribution < -0.4 is 4.74 Å². The molecule has 0 aromatic heterocycles. The highest BCUT2D eigenvalue weighted by Gasteiger charge is 2.54. The van der Waals surface area contributed by atoms with Crippen LogP contribution >= 0.6 is 0 Å². The fourth-order valence-electron chi connectivity index (χ4n) is 6.10. The van der Waals surface area contributed by atoms with E-state index in [1.165, 1.54) is 56.5 Å². The van der Waals surface area contributed by atoms with E-state index in [0.717, 1.165) is 6.08 Å². The van der Waals surface area contributed by atoms with Crippen LogP contribution in [0.15, 0.2) is 42.5 Å². The molecule has 10 N–H and O–H groups in total. The molecule has 3 aliphatic rings. The number of rotatable bonds is 13. The molecule has 300 valence electrons. The standard InChI is InChI=1S/C35H46O19/c1-15-25(42)27(44)32(54-33-28(45)26(43)21(40)14-49-33)35(50-15)53-31-29(46)34(48-10-9-17-3-6-18(37)20(39)11-17)51-23(13-36)30(31)52-24(41)8-5-16-4-7-19(38)22(12-16)47-2/h3-8,11-12,15,21,23,25-40,42-46H,9-10,13-14H2,1-2H3/t15-,21-,23+,25-,26-,27+,28-,29+,30+,31-,32-,33+,34+,35-/m0/s1. The molecule has 5 rings (SSSR count). The van der Waals surface area contributed by atoms with Gasteiger partial charge in [-0.25, -0.2) is 4.79 Å². The van der Waals surface area contributed by atoms with Crippen LogP contribution in [0.2, 0.25) is 0 Å². The Morgan fingerprint density at radius 1 is 0.796 bits per heavy atom. The number of benzene rings is 2. The van der Waals surface area contributed by atoms with Crippen molar-refractivity contribution in [2.45, 2.75) is 99.4 Å². The van der Waals surface area contributed by atoms with Gasteiger partial charge < -0.3 is 89.0 Å². The zero-order chi connectivity index (χ0) is 39.3. The van der Waals surface area contributed by atoms with Crippen LogP contribution in [-0.2, 0) is 44.4 Å². The summed E-state index contributed by atoms with van der Waals surface area (Å²) in [5.41, 5.74) is 0.985.